The van der Waals surface area contributed by atoms with Crippen LogP contribution in [0.15, 0.2) is 54.3 Å². The molecule has 1 aliphatic rings. The van der Waals surface area contributed by atoms with Crippen molar-refractivity contribution in [3.8, 4) is 0 Å². The molecule has 0 atom stereocenters. The van der Waals surface area contributed by atoms with E-state index in [2.05, 4.69) is 0 Å². The molecule has 2 amide bonds. The predicted molar refractivity (Wildman–Crippen MR) is 103 cm³/mol. The molecule has 6 nitrogen and oxygen atoms in total. The number of hydrogen-bond donors (Lipinski definition) is 1. The quantitative estimate of drug-likeness (QED) is 0.614. The van der Waals surface area contributed by atoms with Gasteiger partial charge in [0.1, 0.15) is 0 Å². The van der Waals surface area contributed by atoms with E-state index in [1.54, 1.807) is 36.4 Å². The number of carbonyl (C=O) groups is 3. The Kier molecular flexibility index (Phi) is 5.59. The number of amides is 2. The molecule has 1 N–H and O–H groups in total. The normalized spacial score (nSPS) is 14.0. The Labute approximate surface area is 163 Å². The fraction of sp³-hybridized carbons (Fsp3) is 0.227. The molecule has 0 unspecified atom stereocenters. The van der Waals surface area contributed by atoms with Crippen molar-refractivity contribution < 1.29 is 24.2 Å². The third kappa shape index (κ3) is 3.81. The molecule has 6 heteroatoms. The smallest absolute Gasteiger partial charge is 0.338 e. The Hall–Kier alpha value is -3.41. The average Bonchev–Trinajstić information content (AvgIpc) is 2.91. The van der Waals surface area contributed by atoms with Crippen LogP contribution in [0, 0.1) is 6.92 Å². The Morgan fingerprint density at radius 3 is 2.25 bits per heavy atom. The third-order valence-corrected chi connectivity index (χ3v) is 4.45. The minimum Gasteiger partial charge on any atom is -0.502 e. The van der Waals surface area contributed by atoms with Crippen LogP contribution in [0.1, 0.15) is 40.4 Å². The summed E-state index contributed by atoms with van der Waals surface area (Å²) in [6.07, 6.45) is 0.739. The van der Waals surface area contributed by atoms with Gasteiger partial charge in [0.25, 0.3) is 11.8 Å². The van der Waals surface area contributed by atoms with E-state index in [1.807, 2.05) is 26.0 Å². The lowest BCUT2D eigenvalue weighted by Crippen LogP contribution is -2.31. The number of rotatable bonds is 6. The number of nitrogens with zero attached hydrogens (tertiary/aromatic N) is 1. The molecule has 1 heterocycles. The van der Waals surface area contributed by atoms with Crippen molar-refractivity contribution in [3.05, 3.63) is 76.5 Å². The average molecular weight is 379 g/mol. The SMILES string of the molecule is CCCOC(=O)c1ccc(CN2C(=O)C(O)=C(c3ccc(C)cc3)C2=O)cc1. The predicted octanol–water partition coefficient (Wildman–Crippen LogP) is 3.40. The Morgan fingerprint density at radius 2 is 1.64 bits per heavy atom. The first kappa shape index (κ1) is 19.4. The molecule has 0 aliphatic carbocycles. The van der Waals surface area contributed by atoms with Gasteiger partial charge in [0.2, 0.25) is 0 Å². The van der Waals surface area contributed by atoms with Crippen LogP contribution in [-0.2, 0) is 20.9 Å². The molecular weight excluding hydrogens is 358 g/mol. The number of imide groups is 1. The van der Waals surface area contributed by atoms with Crippen molar-refractivity contribution in [1.82, 2.24) is 4.90 Å². The minimum absolute atomic E-state index is 0.00136. The van der Waals surface area contributed by atoms with Crippen molar-refractivity contribution in [2.45, 2.75) is 26.8 Å². The van der Waals surface area contributed by atoms with Crippen LogP contribution < -0.4 is 0 Å². The minimum atomic E-state index is -0.730. The second-order valence-electron chi connectivity index (χ2n) is 6.62. The molecule has 2 aromatic carbocycles. The molecule has 0 radical (unpaired) electrons. The van der Waals surface area contributed by atoms with E-state index < -0.39 is 23.5 Å². The highest BCUT2D eigenvalue weighted by Gasteiger charge is 2.39. The lowest BCUT2D eigenvalue weighted by Gasteiger charge is -2.15. The van der Waals surface area contributed by atoms with Gasteiger partial charge in [0, 0.05) is 0 Å². The van der Waals surface area contributed by atoms with Gasteiger partial charge < -0.3 is 9.84 Å². The summed E-state index contributed by atoms with van der Waals surface area (Å²) in [5.74, 6) is -2.24. The van der Waals surface area contributed by atoms with E-state index in [1.165, 1.54) is 0 Å². The van der Waals surface area contributed by atoms with Crippen molar-refractivity contribution in [3.63, 3.8) is 0 Å². The number of aliphatic hydroxyl groups excluding tert-OH is 1. The molecular formula is C22H21NO5. The van der Waals surface area contributed by atoms with Crippen molar-refractivity contribution >= 4 is 23.4 Å². The zero-order valence-corrected chi connectivity index (χ0v) is 15.8. The van der Waals surface area contributed by atoms with E-state index in [9.17, 15) is 19.5 Å². The molecule has 0 saturated heterocycles. The summed E-state index contributed by atoms with van der Waals surface area (Å²) < 4.78 is 5.07. The number of ether oxygens (including phenoxy) is 1. The summed E-state index contributed by atoms with van der Waals surface area (Å²) in [5, 5.41) is 10.2. The summed E-state index contributed by atoms with van der Waals surface area (Å²) >= 11 is 0. The van der Waals surface area contributed by atoms with Gasteiger partial charge in [-0.3, -0.25) is 14.5 Å². The maximum Gasteiger partial charge on any atom is 0.338 e. The van der Waals surface area contributed by atoms with Gasteiger partial charge >= 0.3 is 5.97 Å². The maximum absolute atomic E-state index is 12.7. The van der Waals surface area contributed by atoms with Gasteiger partial charge in [-0.1, -0.05) is 48.9 Å². The zero-order chi connectivity index (χ0) is 20.3. The lowest BCUT2D eigenvalue weighted by molar-refractivity contribution is -0.138. The summed E-state index contributed by atoms with van der Waals surface area (Å²) in [7, 11) is 0. The van der Waals surface area contributed by atoms with Gasteiger partial charge in [-0.05, 0) is 36.6 Å². The number of hydrogen-bond acceptors (Lipinski definition) is 5. The van der Waals surface area contributed by atoms with Gasteiger partial charge in [-0.2, -0.15) is 0 Å². The summed E-state index contributed by atoms with van der Waals surface area (Å²) in [5.41, 5.74) is 2.57. The highest BCUT2D eigenvalue weighted by molar-refractivity contribution is 6.34. The van der Waals surface area contributed by atoms with Gasteiger partial charge in [-0.25, -0.2) is 4.79 Å². The molecule has 0 spiro atoms. The van der Waals surface area contributed by atoms with E-state index in [4.69, 9.17) is 4.74 Å². The monoisotopic (exact) mass is 379 g/mol. The van der Waals surface area contributed by atoms with E-state index >= 15 is 0 Å². The first-order valence-electron chi connectivity index (χ1n) is 9.05. The number of benzene rings is 2. The highest BCUT2D eigenvalue weighted by Crippen LogP contribution is 2.29. The summed E-state index contributed by atoms with van der Waals surface area (Å²) in [4.78, 5) is 38.0. The molecule has 28 heavy (non-hydrogen) atoms. The molecule has 0 aromatic heterocycles. The van der Waals surface area contributed by atoms with Crippen molar-refractivity contribution in [2.24, 2.45) is 0 Å². The molecule has 0 bridgehead atoms. The van der Waals surface area contributed by atoms with E-state index in [0.29, 0.717) is 23.3 Å². The molecule has 0 saturated carbocycles. The second-order valence-corrected chi connectivity index (χ2v) is 6.62. The lowest BCUT2D eigenvalue weighted by atomic mass is 10.0. The van der Waals surface area contributed by atoms with Gasteiger partial charge in [-0.15, -0.1) is 0 Å². The van der Waals surface area contributed by atoms with Crippen LogP contribution in [0.2, 0.25) is 0 Å². The second kappa shape index (κ2) is 8.08. The Bertz CT molecular complexity index is 942. The van der Waals surface area contributed by atoms with Crippen LogP contribution in [0.4, 0.5) is 0 Å². The Balaban J connectivity index is 1.75. The molecule has 144 valence electrons. The zero-order valence-electron chi connectivity index (χ0n) is 15.8. The summed E-state index contributed by atoms with van der Waals surface area (Å²) in [6.45, 7) is 4.17. The van der Waals surface area contributed by atoms with Crippen LogP contribution in [0.5, 0.6) is 0 Å². The fourth-order valence-corrected chi connectivity index (χ4v) is 2.89. The Morgan fingerprint density at radius 1 is 1.00 bits per heavy atom. The van der Waals surface area contributed by atoms with E-state index in [0.717, 1.165) is 16.9 Å². The first-order chi connectivity index (χ1) is 13.4. The third-order valence-electron chi connectivity index (χ3n) is 4.45. The standard InChI is InChI=1S/C22H21NO5/c1-3-12-28-22(27)17-10-6-15(7-11-17)13-23-20(25)18(19(24)21(23)26)16-8-4-14(2)5-9-16/h4-11,24H,3,12-13H2,1-2H3. The molecule has 2 aromatic rings. The summed E-state index contributed by atoms with van der Waals surface area (Å²) in [6, 6.07) is 13.5. The van der Waals surface area contributed by atoms with Gasteiger partial charge in [0.05, 0.1) is 24.3 Å². The van der Waals surface area contributed by atoms with Crippen LogP contribution in [0.3, 0.4) is 0 Å². The number of esters is 1. The van der Waals surface area contributed by atoms with Crippen molar-refractivity contribution in [1.29, 1.82) is 0 Å². The highest BCUT2D eigenvalue weighted by atomic mass is 16.5. The largest absolute Gasteiger partial charge is 0.502 e. The van der Waals surface area contributed by atoms with E-state index in [-0.39, 0.29) is 12.1 Å². The maximum atomic E-state index is 12.7. The van der Waals surface area contributed by atoms with Crippen LogP contribution >= 0.6 is 0 Å². The van der Waals surface area contributed by atoms with Crippen molar-refractivity contribution in [2.75, 3.05) is 6.61 Å². The van der Waals surface area contributed by atoms with Crippen LogP contribution in [0.25, 0.3) is 5.57 Å². The molecule has 3 rings (SSSR count). The number of aryl methyl sites for hydroxylation is 1. The fourth-order valence-electron chi connectivity index (χ4n) is 2.89. The number of carbonyl (C=O) groups excluding carboxylic acids is 3. The molecule has 1 aliphatic heterocycles. The van der Waals surface area contributed by atoms with Crippen LogP contribution in [-0.4, -0.2) is 34.4 Å². The topological polar surface area (TPSA) is 83.9 Å². The number of aliphatic hydroxyl groups is 1. The first-order valence-corrected chi connectivity index (χ1v) is 9.05. The van der Waals surface area contributed by atoms with Gasteiger partial charge in [0.15, 0.2) is 5.76 Å². The molecule has 0 fully saturated rings.